The predicted octanol–water partition coefficient (Wildman–Crippen LogP) is 2.67. The fourth-order valence-electron chi connectivity index (χ4n) is 2.28. The summed E-state index contributed by atoms with van der Waals surface area (Å²) in [5.74, 6) is -0.0354. The summed E-state index contributed by atoms with van der Waals surface area (Å²) in [5.41, 5.74) is 0.179. The van der Waals surface area contributed by atoms with Crippen LogP contribution in [0.25, 0.3) is 0 Å². The fourth-order valence-corrected chi connectivity index (χ4v) is 2.45. The van der Waals surface area contributed by atoms with E-state index in [4.69, 9.17) is 11.6 Å². The first kappa shape index (κ1) is 14.6. The maximum Gasteiger partial charge on any atom is 0.293 e. The Hall–Kier alpha value is -1.82. The molecule has 0 aliphatic carbocycles. The first-order valence-corrected chi connectivity index (χ1v) is 6.86. The van der Waals surface area contributed by atoms with Crippen molar-refractivity contribution in [3.63, 3.8) is 0 Å². The van der Waals surface area contributed by atoms with Crippen LogP contribution in [-0.4, -0.2) is 34.9 Å². The lowest BCUT2D eigenvalue weighted by Crippen LogP contribution is -2.39. The van der Waals surface area contributed by atoms with Gasteiger partial charge < -0.3 is 10.2 Å². The summed E-state index contributed by atoms with van der Waals surface area (Å²) in [7, 11) is 0. The molecule has 1 aromatic rings. The number of nitrogens with one attached hydrogen (secondary N) is 1. The van der Waals surface area contributed by atoms with Crippen LogP contribution in [0.15, 0.2) is 18.2 Å². The third-order valence-corrected chi connectivity index (χ3v) is 3.55. The van der Waals surface area contributed by atoms with Crippen LogP contribution < -0.4 is 5.32 Å². The van der Waals surface area contributed by atoms with Crippen LogP contribution in [0.4, 0.5) is 11.4 Å². The molecule has 0 saturated carbocycles. The molecule has 0 aromatic heterocycles. The van der Waals surface area contributed by atoms with Crippen molar-refractivity contribution in [2.75, 3.05) is 18.4 Å². The van der Waals surface area contributed by atoms with Gasteiger partial charge in [-0.1, -0.05) is 11.6 Å². The minimum Gasteiger partial charge on any atom is -0.368 e. The highest BCUT2D eigenvalue weighted by Gasteiger charge is 2.25. The molecule has 20 heavy (non-hydrogen) atoms. The first-order chi connectivity index (χ1) is 9.49. The molecule has 1 aromatic carbocycles. The highest BCUT2D eigenvalue weighted by molar-refractivity contribution is 6.30. The van der Waals surface area contributed by atoms with Crippen LogP contribution >= 0.6 is 11.6 Å². The monoisotopic (exact) mass is 297 g/mol. The van der Waals surface area contributed by atoms with Crippen LogP contribution in [0.2, 0.25) is 5.02 Å². The molecule has 0 bridgehead atoms. The summed E-state index contributed by atoms with van der Waals surface area (Å²) in [6.07, 6.45) is 2.03. The molecule has 1 aliphatic rings. The van der Waals surface area contributed by atoms with E-state index < -0.39 is 11.0 Å². The molecule has 1 saturated heterocycles. The molecule has 1 unspecified atom stereocenters. The van der Waals surface area contributed by atoms with Crippen molar-refractivity contribution in [3.8, 4) is 0 Å². The SMILES string of the molecule is CC(Nc1ccc(Cl)cc1[N+](=O)[O-])C(=O)N1CCCC1. The van der Waals surface area contributed by atoms with Crippen molar-refractivity contribution in [3.05, 3.63) is 33.3 Å². The number of amides is 1. The lowest BCUT2D eigenvalue weighted by atomic mass is 10.2. The van der Waals surface area contributed by atoms with Gasteiger partial charge in [0.05, 0.1) is 4.92 Å². The molecule has 1 fully saturated rings. The number of benzene rings is 1. The third kappa shape index (κ3) is 3.19. The number of hydrogen-bond acceptors (Lipinski definition) is 4. The van der Waals surface area contributed by atoms with Gasteiger partial charge in [-0.3, -0.25) is 14.9 Å². The number of carbonyl (C=O) groups excluding carboxylic acids is 1. The average Bonchev–Trinajstić information content (AvgIpc) is 2.93. The van der Waals surface area contributed by atoms with Gasteiger partial charge in [-0.2, -0.15) is 0 Å². The Morgan fingerprint density at radius 2 is 2.10 bits per heavy atom. The summed E-state index contributed by atoms with van der Waals surface area (Å²) < 4.78 is 0. The van der Waals surface area contributed by atoms with Crippen LogP contribution in [-0.2, 0) is 4.79 Å². The van der Waals surface area contributed by atoms with E-state index in [1.165, 1.54) is 12.1 Å². The molecule has 6 nitrogen and oxygen atoms in total. The van der Waals surface area contributed by atoms with Gasteiger partial charge in [0, 0.05) is 24.2 Å². The molecule has 1 N–H and O–H groups in total. The Labute approximate surface area is 121 Å². The van der Waals surface area contributed by atoms with E-state index in [1.54, 1.807) is 17.9 Å². The Morgan fingerprint density at radius 1 is 1.45 bits per heavy atom. The maximum atomic E-state index is 12.2. The minimum absolute atomic E-state index is 0.0354. The summed E-state index contributed by atoms with van der Waals surface area (Å²) in [6.45, 7) is 3.22. The summed E-state index contributed by atoms with van der Waals surface area (Å²) in [5, 5.41) is 14.2. The number of hydrogen-bond donors (Lipinski definition) is 1. The molecular formula is C13H16ClN3O3. The van der Waals surface area contributed by atoms with Gasteiger partial charge in [-0.05, 0) is 31.9 Å². The summed E-state index contributed by atoms with van der Waals surface area (Å²) in [6, 6.07) is 3.85. The minimum atomic E-state index is -0.513. The average molecular weight is 298 g/mol. The molecule has 1 atom stereocenters. The number of halogens is 1. The number of carbonyl (C=O) groups is 1. The van der Waals surface area contributed by atoms with E-state index in [0.717, 1.165) is 25.9 Å². The first-order valence-electron chi connectivity index (χ1n) is 6.48. The second-order valence-corrected chi connectivity index (χ2v) is 5.25. The quantitative estimate of drug-likeness (QED) is 0.685. The van der Waals surface area contributed by atoms with E-state index in [2.05, 4.69) is 5.32 Å². The Bertz CT molecular complexity index is 530. The standard InChI is InChI=1S/C13H16ClN3O3/c1-9(13(18)16-6-2-3-7-16)15-11-5-4-10(14)8-12(11)17(19)20/h4-5,8-9,15H,2-3,6-7H2,1H3. The van der Waals surface area contributed by atoms with E-state index >= 15 is 0 Å². The fraction of sp³-hybridized carbons (Fsp3) is 0.462. The maximum absolute atomic E-state index is 12.2. The third-order valence-electron chi connectivity index (χ3n) is 3.32. The van der Waals surface area contributed by atoms with Crippen LogP contribution in [0.1, 0.15) is 19.8 Å². The Balaban J connectivity index is 2.12. The normalized spacial score (nSPS) is 16.0. The van der Waals surface area contributed by atoms with Crippen molar-refractivity contribution in [2.24, 2.45) is 0 Å². The van der Waals surface area contributed by atoms with Gasteiger partial charge in [0.25, 0.3) is 5.69 Å². The number of rotatable bonds is 4. The van der Waals surface area contributed by atoms with E-state index in [-0.39, 0.29) is 11.6 Å². The topological polar surface area (TPSA) is 75.5 Å². The van der Waals surface area contributed by atoms with Crippen LogP contribution in [0.5, 0.6) is 0 Å². The van der Waals surface area contributed by atoms with Crippen LogP contribution in [0.3, 0.4) is 0 Å². The molecule has 0 spiro atoms. The smallest absolute Gasteiger partial charge is 0.293 e. The van der Waals surface area contributed by atoms with Crippen molar-refractivity contribution in [1.82, 2.24) is 4.90 Å². The molecule has 7 heteroatoms. The van der Waals surface area contributed by atoms with E-state index in [1.807, 2.05) is 0 Å². The number of likely N-dealkylation sites (tertiary alicyclic amines) is 1. The molecule has 1 aliphatic heterocycles. The zero-order valence-electron chi connectivity index (χ0n) is 11.1. The number of nitrogens with zero attached hydrogens (tertiary/aromatic N) is 2. The van der Waals surface area contributed by atoms with E-state index in [0.29, 0.717) is 10.7 Å². The van der Waals surface area contributed by atoms with Crippen molar-refractivity contribution < 1.29 is 9.72 Å². The molecule has 2 rings (SSSR count). The van der Waals surface area contributed by atoms with Crippen LogP contribution in [0, 0.1) is 10.1 Å². The lowest BCUT2D eigenvalue weighted by molar-refractivity contribution is -0.384. The number of anilines is 1. The second kappa shape index (κ2) is 6.09. The molecule has 1 amide bonds. The number of nitro groups is 1. The van der Waals surface area contributed by atoms with Gasteiger partial charge in [-0.25, -0.2) is 0 Å². The second-order valence-electron chi connectivity index (χ2n) is 4.82. The molecule has 1 heterocycles. The largest absolute Gasteiger partial charge is 0.368 e. The van der Waals surface area contributed by atoms with Gasteiger partial charge >= 0.3 is 0 Å². The number of nitro benzene ring substituents is 1. The Morgan fingerprint density at radius 3 is 2.70 bits per heavy atom. The predicted molar refractivity (Wildman–Crippen MR) is 77.0 cm³/mol. The molecule has 108 valence electrons. The zero-order valence-corrected chi connectivity index (χ0v) is 11.9. The highest BCUT2D eigenvalue weighted by Crippen LogP contribution is 2.28. The van der Waals surface area contributed by atoms with Gasteiger partial charge in [0.1, 0.15) is 11.7 Å². The zero-order chi connectivity index (χ0) is 14.7. The van der Waals surface area contributed by atoms with Crippen molar-refractivity contribution in [1.29, 1.82) is 0 Å². The highest BCUT2D eigenvalue weighted by atomic mass is 35.5. The van der Waals surface area contributed by atoms with Crippen molar-refractivity contribution >= 4 is 28.9 Å². The van der Waals surface area contributed by atoms with E-state index in [9.17, 15) is 14.9 Å². The molecule has 0 radical (unpaired) electrons. The van der Waals surface area contributed by atoms with Gasteiger partial charge in [0.15, 0.2) is 0 Å². The van der Waals surface area contributed by atoms with Gasteiger partial charge in [0.2, 0.25) is 5.91 Å². The van der Waals surface area contributed by atoms with Gasteiger partial charge in [-0.15, -0.1) is 0 Å². The summed E-state index contributed by atoms with van der Waals surface area (Å²) >= 11 is 5.76. The lowest BCUT2D eigenvalue weighted by Gasteiger charge is -2.21. The molecular weight excluding hydrogens is 282 g/mol. The summed E-state index contributed by atoms with van der Waals surface area (Å²) in [4.78, 5) is 24.4. The Kier molecular flexibility index (Phi) is 4.44. The van der Waals surface area contributed by atoms with Crippen molar-refractivity contribution in [2.45, 2.75) is 25.8 Å².